The van der Waals surface area contributed by atoms with Crippen LogP contribution in [0.25, 0.3) is 0 Å². The van der Waals surface area contributed by atoms with Crippen LogP contribution in [0, 0.1) is 11.3 Å². The average molecular weight is 549 g/mol. The zero-order valence-electron chi connectivity index (χ0n) is 23.6. The Kier molecular flexibility index (Phi) is 12.2. The minimum Gasteiger partial charge on any atom is -0.508 e. The van der Waals surface area contributed by atoms with Crippen molar-refractivity contribution >= 4 is 23.7 Å². The first kappa shape index (κ1) is 32.0. The third-order valence-electron chi connectivity index (χ3n) is 6.82. The molecule has 1 aliphatic heterocycles. The molecule has 1 aliphatic rings. The molecule has 6 N–H and O–H groups in total. The molecule has 5 atom stereocenters. The van der Waals surface area contributed by atoms with Gasteiger partial charge in [0.2, 0.25) is 11.8 Å². The molecule has 11 heteroatoms. The van der Waals surface area contributed by atoms with Crippen LogP contribution in [0.3, 0.4) is 0 Å². The highest BCUT2D eigenvalue weighted by molar-refractivity contribution is 5.94. The standard InChI is InChI=1S/C28H44N4O7/c1-6-17(2)23(26(36)30-20(27(37)38)11-12-28(3,4)5)32-24(34)21(15-18-7-9-19(33)10-8-18)31-25(35)22-16-29-13-14-39-22/h7-10,17,20-23,29,33H,6,11-16H2,1-5H3,(H,30,36)(H,31,35)(H,32,34)(H,37,38)/t17-,20-,21-,22-,23-/m0/s1. The van der Waals surface area contributed by atoms with Crippen molar-refractivity contribution in [1.29, 1.82) is 0 Å². The molecule has 1 saturated heterocycles. The highest BCUT2D eigenvalue weighted by Crippen LogP contribution is 2.22. The van der Waals surface area contributed by atoms with Crippen molar-refractivity contribution < 1.29 is 34.1 Å². The summed E-state index contributed by atoms with van der Waals surface area (Å²) in [5, 5.41) is 30.5. The van der Waals surface area contributed by atoms with Gasteiger partial charge in [0, 0.05) is 19.5 Å². The minimum atomic E-state index is -1.14. The first-order chi connectivity index (χ1) is 18.3. The zero-order chi connectivity index (χ0) is 29.2. The number of nitrogens with one attached hydrogen (secondary N) is 4. The maximum Gasteiger partial charge on any atom is 0.326 e. The zero-order valence-corrected chi connectivity index (χ0v) is 23.6. The van der Waals surface area contributed by atoms with Gasteiger partial charge in [-0.05, 0) is 41.9 Å². The van der Waals surface area contributed by atoms with Crippen LogP contribution in [0.5, 0.6) is 5.75 Å². The van der Waals surface area contributed by atoms with E-state index in [4.69, 9.17) is 4.74 Å². The lowest BCUT2D eigenvalue weighted by atomic mass is 9.88. The number of hydrogen-bond acceptors (Lipinski definition) is 7. The number of carbonyl (C=O) groups is 4. The normalized spacial score (nSPS) is 18.7. The summed E-state index contributed by atoms with van der Waals surface area (Å²) in [6.07, 6.45) is 0.733. The molecule has 218 valence electrons. The van der Waals surface area contributed by atoms with E-state index in [0.717, 1.165) is 0 Å². The number of carboxylic acids is 1. The molecule has 11 nitrogen and oxygen atoms in total. The molecule has 3 amide bonds. The van der Waals surface area contributed by atoms with Crippen molar-refractivity contribution in [2.75, 3.05) is 19.7 Å². The van der Waals surface area contributed by atoms with E-state index in [2.05, 4.69) is 21.3 Å². The Morgan fingerprint density at radius 2 is 1.72 bits per heavy atom. The van der Waals surface area contributed by atoms with Gasteiger partial charge in [0.05, 0.1) is 6.61 Å². The number of rotatable bonds is 13. The van der Waals surface area contributed by atoms with E-state index in [1.54, 1.807) is 19.1 Å². The van der Waals surface area contributed by atoms with Crippen molar-refractivity contribution in [1.82, 2.24) is 21.3 Å². The fourth-order valence-electron chi connectivity index (χ4n) is 4.13. The van der Waals surface area contributed by atoms with Gasteiger partial charge in [-0.15, -0.1) is 0 Å². The highest BCUT2D eigenvalue weighted by atomic mass is 16.5. The van der Waals surface area contributed by atoms with E-state index in [1.165, 1.54) is 12.1 Å². The first-order valence-corrected chi connectivity index (χ1v) is 13.5. The van der Waals surface area contributed by atoms with Crippen LogP contribution in [0.1, 0.15) is 59.4 Å². The molecule has 0 bridgehead atoms. The Morgan fingerprint density at radius 3 is 2.26 bits per heavy atom. The Hall–Kier alpha value is -3.18. The highest BCUT2D eigenvalue weighted by Gasteiger charge is 2.34. The van der Waals surface area contributed by atoms with Crippen LogP contribution in [-0.4, -0.2) is 77.8 Å². The van der Waals surface area contributed by atoms with Crippen LogP contribution in [0.4, 0.5) is 0 Å². The quantitative estimate of drug-likeness (QED) is 0.215. The lowest BCUT2D eigenvalue weighted by molar-refractivity contribution is -0.143. The minimum absolute atomic E-state index is 0.0680. The third-order valence-corrected chi connectivity index (χ3v) is 6.82. The van der Waals surface area contributed by atoms with Gasteiger partial charge in [-0.1, -0.05) is 53.2 Å². The maximum absolute atomic E-state index is 13.5. The number of phenolic OH excluding ortho intramolecular Hbond substituents is 1. The summed E-state index contributed by atoms with van der Waals surface area (Å²) in [6, 6.07) is 3.12. The summed E-state index contributed by atoms with van der Waals surface area (Å²) in [5.41, 5.74) is 0.577. The predicted octanol–water partition coefficient (Wildman–Crippen LogP) is 1.33. The molecule has 2 rings (SSSR count). The van der Waals surface area contributed by atoms with Crippen molar-refractivity contribution in [3.05, 3.63) is 29.8 Å². The number of carbonyl (C=O) groups excluding carboxylic acids is 3. The fourth-order valence-corrected chi connectivity index (χ4v) is 4.13. The molecular formula is C28H44N4O7. The molecule has 39 heavy (non-hydrogen) atoms. The Bertz CT molecular complexity index is 971. The summed E-state index contributed by atoms with van der Waals surface area (Å²) < 4.78 is 5.52. The Labute approximate surface area is 230 Å². The second kappa shape index (κ2) is 14.8. The maximum atomic E-state index is 13.5. The van der Waals surface area contributed by atoms with Gasteiger partial charge in [-0.3, -0.25) is 14.4 Å². The number of morpholine rings is 1. The van der Waals surface area contributed by atoms with Crippen molar-refractivity contribution in [2.24, 2.45) is 11.3 Å². The number of phenols is 1. The van der Waals surface area contributed by atoms with Gasteiger partial charge in [-0.25, -0.2) is 4.79 Å². The largest absolute Gasteiger partial charge is 0.508 e. The van der Waals surface area contributed by atoms with Crippen LogP contribution < -0.4 is 21.3 Å². The number of amides is 3. The molecule has 1 aromatic carbocycles. The smallest absolute Gasteiger partial charge is 0.326 e. The molecule has 0 radical (unpaired) electrons. The van der Waals surface area contributed by atoms with Gasteiger partial charge in [0.1, 0.15) is 30.0 Å². The Morgan fingerprint density at radius 1 is 1.05 bits per heavy atom. The van der Waals surface area contributed by atoms with Gasteiger partial charge >= 0.3 is 5.97 Å². The van der Waals surface area contributed by atoms with Crippen LogP contribution in [-0.2, 0) is 30.3 Å². The first-order valence-electron chi connectivity index (χ1n) is 13.5. The number of aliphatic carboxylic acids is 1. The van der Waals surface area contributed by atoms with Crippen molar-refractivity contribution in [3.8, 4) is 5.75 Å². The SMILES string of the molecule is CC[C@H](C)[C@H](NC(=O)[C@H](Cc1ccc(O)cc1)NC(=O)[C@@H]1CNCCO1)C(=O)N[C@@H](CCC(C)(C)C)C(=O)O. The fraction of sp³-hybridized carbons (Fsp3) is 0.643. The summed E-state index contributed by atoms with van der Waals surface area (Å²) >= 11 is 0. The number of benzene rings is 1. The molecule has 1 aromatic rings. The van der Waals surface area contributed by atoms with E-state index in [1.807, 2.05) is 27.7 Å². The summed E-state index contributed by atoms with van der Waals surface area (Å²) in [4.78, 5) is 51.5. The molecule has 0 aliphatic carbocycles. The molecule has 0 saturated carbocycles. The predicted molar refractivity (Wildman–Crippen MR) is 146 cm³/mol. The summed E-state index contributed by atoms with van der Waals surface area (Å²) in [5.74, 6) is -3.00. The van der Waals surface area contributed by atoms with E-state index in [-0.39, 0.29) is 29.9 Å². The summed E-state index contributed by atoms with van der Waals surface area (Å²) in [6.45, 7) is 10.9. The molecule has 0 spiro atoms. The van der Waals surface area contributed by atoms with Gasteiger partial charge in [0.25, 0.3) is 5.91 Å². The molecule has 0 unspecified atom stereocenters. The lowest BCUT2D eigenvalue weighted by Gasteiger charge is -2.29. The van der Waals surface area contributed by atoms with Crippen molar-refractivity contribution in [3.63, 3.8) is 0 Å². The lowest BCUT2D eigenvalue weighted by Crippen LogP contribution is -2.59. The van der Waals surface area contributed by atoms with Crippen LogP contribution in [0.15, 0.2) is 24.3 Å². The molecular weight excluding hydrogens is 504 g/mol. The molecule has 1 heterocycles. The van der Waals surface area contributed by atoms with E-state index >= 15 is 0 Å². The second-order valence-corrected chi connectivity index (χ2v) is 11.4. The summed E-state index contributed by atoms with van der Waals surface area (Å²) in [7, 11) is 0. The number of carboxylic acid groups (broad SMARTS) is 1. The van der Waals surface area contributed by atoms with Gasteiger partial charge in [-0.2, -0.15) is 0 Å². The van der Waals surface area contributed by atoms with Crippen LogP contribution in [0.2, 0.25) is 0 Å². The average Bonchev–Trinajstić information content (AvgIpc) is 2.89. The van der Waals surface area contributed by atoms with E-state index < -0.39 is 47.9 Å². The second-order valence-electron chi connectivity index (χ2n) is 11.4. The van der Waals surface area contributed by atoms with Crippen LogP contribution >= 0.6 is 0 Å². The third kappa shape index (κ3) is 10.8. The monoisotopic (exact) mass is 548 g/mol. The Balaban J connectivity index is 2.21. The van der Waals surface area contributed by atoms with Crippen molar-refractivity contribution in [2.45, 2.75) is 84.5 Å². The van der Waals surface area contributed by atoms with E-state index in [9.17, 15) is 29.4 Å². The van der Waals surface area contributed by atoms with Gasteiger partial charge < -0.3 is 36.2 Å². The number of aromatic hydroxyl groups is 1. The molecule has 1 fully saturated rings. The topological polar surface area (TPSA) is 166 Å². The number of hydrogen-bond donors (Lipinski definition) is 6. The van der Waals surface area contributed by atoms with E-state index in [0.29, 0.717) is 38.1 Å². The number of ether oxygens (including phenoxy) is 1. The molecule has 0 aromatic heterocycles. The van der Waals surface area contributed by atoms with Gasteiger partial charge in [0.15, 0.2) is 0 Å².